The number of nitrogen functional groups attached to an aromatic ring is 1. The van der Waals surface area contributed by atoms with Crippen molar-refractivity contribution in [3.8, 4) is 0 Å². The van der Waals surface area contributed by atoms with Crippen LogP contribution in [0.25, 0.3) is 11.2 Å². The first-order chi connectivity index (χ1) is 9.10. The molecule has 3 heterocycles. The van der Waals surface area contributed by atoms with Crippen LogP contribution in [-0.2, 0) is 4.74 Å². The fraction of sp³-hybridized carbons (Fsp3) is 0.500. The lowest BCUT2D eigenvalue weighted by atomic mass is 10.2. The standard InChI is InChI=1S/C10H13N5O4.ClH/c11-10-13-8-7(9(18)14-10)12-3-15(8)6-1-4(17)5(2-16)19-6;/h3-6,16-17H,1-2H2,(H3,11,13,14,18);1H/t4-,5+,6+;/m0./s1. The zero-order chi connectivity index (χ0) is 13.6. The Morgan fingerprint density at radius 3 is 3.00 bits per heavy atom. The number of nitrogens with zero attached hydrogens (tertiary/aromatic N) is 3. The van der Waals surface area contributed by atoms with Crippen molar-refractivity contribution < 1.29 is 14.9 Å². The van der Waals surface area contributed by atoms with E-state index in [1.54, 1.807) is 0 Å². The third kappa shape index (κ3) is 2.24. The third-order valence-corrected chi connectivity index (χ3v) is 3.15. The predicted molar refractivity (Wildman–Crippen MR) is 71.4 cm³/mol. The van der Waals surface area contributed by atoms with Crippen molar-refractivity contribution in [1.82, 2.24) is 19.5 Å². The highest BCUT2D eigenvalue weighted by molar-refractivity contribution is 5.85. The fourth-order valence-corrected chi connectivity index (χ4v) is 2.20. The molecule has 1 saturated heterocycles. The molecule has 3 atom stereocenters. The second-order valence-corrected chi connectivity index (χ2v) is 4.39. The first-order valence-electron chi connectivity index (χ1n) is 5.77. The van der Waals surface area contributed by atoms with Crippen LogP contribution >= 0.6 is 12.4 Å². The molecule has 3 rings (SSSR count). The zero-order valence-corrected chi connectivity index (χ0v) is 11.1. The van der Waals surface area contributed by atoms with Crippen LogP contribution in [0.4, 0.5) is 5.95 Å². The number of rotatable bonds is 2. The van der Waals surface area contributed by atoms with Crippen molar-refractivity contribution >= 4 is 29.5 Å². The Bertz CT molecular complexity index is 671. The van der Waals surface area contributed by atoms with Gasteiger partial charge in [-0.15, -0.1) is 12.4 Å². The number of imidazole rings is 1. The largest absolute Gasteiger partial charge is 0.394 e. The van der Waals surface area contributed by atoms with Gasteiger partial charge in [0.05, 0.1) is 19.0 Å². The van der Waals surface area contributed by atoms with Crippen molar-refractivity contribution in [1.29, 1.82) is 0 Å². The van der Waals surface area contributed by atoms with Gasteiger partial charge >= 0.3 is 0 Å². The van der Waals surface area contributed by atoms with Crippen LogP contribution in [0, 0.1) is 0 Å². The van der Waals surface area contributed by atoms with E-state index in [9.17, 15) is 9.90 Å². The Balaban J connectivity index is 0.00000147. The number of anilines is 1. The van der Waals surface area contributed by atoms with Crippen LogP contribution in [0.1, 0.15) is 12.6 Å². The van der Waals surface area contributed by atoms with Gasteiger partial charge in [-0.05, 0) is 0 Å². The summed E-state index contributed by atoms with van der Waals surface area (Å²) in [5.41, 5.74) is 5.50. The summed E-state index contributed by atoms with van der Waals surface area (Å²) in [6, 6.07) is 0. The van der Waals surface area contributed by atoms with E-state index in [0.717, 1.165) is 0 Å². The maximum Gasteiger partial charge on any atom is 0.280 e. The van der Waals surface area contributed by atoms with Gasteiger partial charge in [0.15, 0.2) is 11.2 Å². The van der Waals surface area contributed by atoms with Crippen molar-refractivity contribution in [2.24, 2.45) is 0 Å². The van der Waals surface area contributed by atoms with E-state index < -0.39 is 24.0 Å². The molecule has 0 saturated carbocycles. The molecular formula is C10H14ClN5O4. The number of hydrogen-bond acceptors (Lipinski definition) is 7. The maximum atomic E-state index is 11.6. The van der Waals surface area contributed by atoms with Crippen LogP contribution in [0.5, 0.6) is 0 Å². The van der Waals surface area contributed by atoms with Crippen molar-refractivity contribution in [2.75, 3.05) is 12.3 Å². The van der Waals surface area contributed by atoms with E-state index in [-0.39, 0.29) is 42.5 Å². The minimum Gasteiger partial charge on any atom is -0.394 e. The average Bonchev–Trinajstić information content (AvgIpc) is 2.92. The quantitative estimate of drug-likeness (QED) is 0.544. The summed E-state index contributed by atoms with van der Waals surface area (Å²) in [7, 11) is 0. The first-order valence-corrected chi connectivity index (χ1v) is 5.77. The molecule has 1 aliphatic rings. The van der Waals surface area contributed by atoms with E-state index in [2.05, 4.69) is 15.0 Å². The predicted octanol–water partition coefficient (Wildman–Crippen LogP) is -1.24. The van der Waals surface area contributed by atoms with Gasteiger partial charge in [0, 0.05) is 6.42 Å². The second kappa shape index (κ2) is 5.37. The van der Waals surface area contributed by atoms with Gasteiger partial charge < -0.3 is 20.7 Å². The molecule has 0 amide bonds. The number of hydrogen-bond donors (Lipinski definition) is 4. The van der Waals surface area contributed by atoms with E-state index in [0.29, 0.717) is 0 Å². The van der Waals surface area contributed by atoms with Gasteiger partial charge in [-0.25, -0.2) is 4.98 Å². The highest BCUT2D eigenvalue weighted by atomic mass is 35.5. The van der Waals surface area contributed by atoms with Gasteiger partial charge in [-0.3, -0.25) is 14.3 Å². The molecule has 9 nitrogen and oxygen atoms in total. The molecule has 0 unspecified atom stereocenters. The summed E-state index contributed by atoms with van der Waals surface area (Å²) in [6.45, 7) is -0.277. The normalized spacial score (nSPS) is 25.8. The molecule has 1 aliphatic heterocycles. The fourth-order valence-electron chi connectivity index (χ4n) is 2.20. The van der Waals surface area contributed by atoms with Crippen molar-refractivity contribution in [3.05, 3.63) is 16.7 Å². The SMILES string of the molecule is Cl.Nc1nc2c(ncn2[C@H]2C[C@H](O)[C@@H](CO)O2)c(=O)[nH]1. The number of aliphatic hydroxyl groups is 2. The van der Waals surface area contributed by atoms with Crippen LogP contribution in [0.15, 0.2) is 11.1 Å². The molecule has 0 bridgehead atoms. The van der Waals surface area contributed by atoms with Gasteiger partial charge in [0.2, 0.25) is 5.95 Å². The number of aromatic amines is 1. The maximum absolute atomic E-state index is 11.6. The van der Waals surface area contributed by atoms with E-state index in [1.807, 2.05) is 0 Å². The Morgan fingerprint density at radius 1 is 1.60 bits per heavy atom. The Hall–Kier alpha value is -1.68. The molecule has 0 spiro atoms. The second-order valence-electron chi connectivity index (χ2n) is 4.39. The molecule has 0 aromatic carbocycles. The molecule has 2 aromatic heterocycles. The van der Waals surface area contributed by atoms with Crippen LogP contribution in [0.2, 0.25) is 0 Å². The number of H-pyrrole nitrogens is 1. The van der Waals surface area contributed by atoms with Crippen molar-refractivity contribution in [2.45, 2.75) is 24.9 Å². The summed E-state index contributed by atoms with van der Waals surface area (Å²) in [6.07, 6.45) is -0.270. The van der Waals surface area contributed by atoms with E-state index in [4.69, 9.17) is 15.6 Å². The van der Waals surface area contributed by atoms with E-state index in [1.165, 1.54) is 10.9 Å². The Labute approximate surface area is 118 Å². The van der Waals surface area contributed by atoms with Gasteiger partial charge in [0.1, 0.15) is 12.3 Å². The Kier molecular flexibility index (Phi) is 3.95. The third-order valence-electron chi connectivity index (χ3n) is 3.15. The highest BCUT2D eigenvalue weighted by Crippen LogP contribution is 2.30. The topological polar surface area (TPSA) is 139 Å². The molecule has 110 valence electrons. The molecule has 20 heavy (non-hydrogen) atoms. The lowest BCUT2D eigenvalue weighted by Gasteiger charge is -2.13. The lowest BCUT2D eigenvalue weighted by molar-refractivity contribution is -0.0432. The first kappa shape index (κ1) is 14.7. The van der Waals surface area contributed by atoms with Crippen LogP contribution in [0.3, 0.4) is 0 Å². The summed E-state index contributed by atoms with van der Waals surface area (Å²) in [5, 5.41) is 18.8. The van der Waals surface area contributed by atoms with Crippen LogP contribution in [-0.4, -0.2) is 48.5 Å². The number of aromatic nitrogens is 4. The molecule has 1 fully saturated rings. The average molecular weight is 304 g/mol. The van der Waals surface area contributed by atoms with Gasteiger partial charge in [-0.1, -0.05) is 0 Å². The summed E-state index contributed by atoms with van der Waals surface area (Å²) in [5.74, 6) is -0.0171. The van der Waals surface area contributed by atoms with Crippen molar-refractivity contribution in [3.63, 3.8) is 0 Å². The summed E-state index contributed by atoms with van der Waals surface area (Å²) < 4.78 is 7.01. The summed E-state index contributed by atoms with van der Waals surface area (Å²) in [4.78, 5) is 22.0. The summed E-state index contributed by atoms with van der Waals surface area (Å²) >= 11 is 0. The number of halogens is 1. The lowest BCUT2D eigenvalue weighted by Crippen LogP contribution is -2.24. The molecule has 0 radical (unpaired) electrons. The highest BCUT2D eigenvalue weighted by Gasteiger charge is 2.35. The minimum atomic E-state index is -0.771. The molecule has 0 aliphatic carbocycles. The number of nitrogens with two attached hydrogens (primary N) is 1. The molecular weight excluding hydrogens is 290 g/mol. The minimum absolute atomic E-state index is 0. The number of aliphatic hydroxyl groups excluding tert-OH is 2. The number of fused-ring (bicyclic) bond motifs is 1. The zero-order valence-electron chi connectivity index (χ0n) is 10.3. The molecule has 10 heteroatoms. The monoisotopic (exact) mass is 303 g/mol. The van der Waals surface area contributed by atoms with Gasteiger partial charge in [0.25, 0.3) is 5.56 Å². The molecule has 5 N–H and O–H groups in total. The van der Waals surface area contributed by atoms with Gasteiger partial charge in [-0.2, -0.15) is 4.98 Å². The number of ether oxygens (including phenoxy) is 1. The van der Waals surface area contributed by atoms with Crippen LogP contribution < -0.4 is 11.3 Å². The van der Waals surface area contributed by atoms with E-state index >= 15 is 0 Å². The molecule has 2 aromatic rings. The Morgan fingerprint density at radius 2 is 2.35 bits per heavy atom. The number of nitrogens with one attached hydrogen (secondary N) is 1. The smallest absolute Gasteiger partial charge is 0.280 e.